The molecule has 3 N–H and O–H groups in total. The summed E-state index contributed by atoms with van der Waals surface area (Å²) >= 11 is 5.95. The van der Waals surface area contributed by atoms with E-state index in [1.807, 2.05) is 31.2 Å². The van der Waals surface area contributed by atoms with Crippen molar-refractivity contribution in [1.82, 2.24) is 10.2 Å². The molecule has 0 radical (unpaired) electrons. The average molecular weight is 371 g/mol. The van der Waals surface area contributed by atoms with Crippen molar-refractivity contribution in [1.29, 1.82) is 0 Å². The topological polar surface area (TPSA) is 79.0 Å². The van der Waals surface area contributed by atoms with Gasteiger partial charge in [0.2, 0.25) is 0 Å². The number of benzene rings is 2. The number of rotatable bonds is 5. The number of anilines is 2. The lowest BCUT2D eigenvalue weighted by Gasteiger charge is -2.10. The number of nitrogens with zero attached hydrogens (tertiary/aromatic N) is 1. The van der Waals surface area contributed by atoms with E-state index in [2.05, 4.69) is 20.8 Å². The summed E-state index contributed by atoms with van der Waals surface area (Å²) in [5.74, 6) is 0.720. The van der Waals surface area contributed by atoms with Gasteiger partial charge in [0.15, 0.2) is 0 Å². The summed E-state index contributed by atoms with van der Waals surface area (Å²) in [5.41, 5.74) is 3.59. The number of carbonyl (C=O) groups excluding carboxylic acids is 1. The third-order valence-electron chi connectivity index (χ3n) is 3.86. The smallest absolute Gasteiger partial charge is 0.323 e. The maximum absolute atomic E-state index is 12.4. The van der Waals surface area contributed by atoms with Gasteiger partial charge in [-0.3, -0.25) is 5.10 Å². The number of urea groups is 1. The van der Waals surface area contributed by atoms with E-state index >= 15 is 0 Å². The number of ether oxygens (including phenoxy) is 1. The Morgan fingerprint density at radius 2 is 2.00 bits per heavy atom. The van der Waals surface area contributed by atoms with E-state index in [0.29, 0.717) is 28.5 Å². The molecule has 0 aliphatic rings. The number of carbonyl (C=O) groups is 1. The van der Waals surface area contributed by atoms with Crippen molar-refractivity contribution in [3.63, 3.8) is 0 Å². The standard InChI is InChI=1S/C19H19ClN4O2/c1-3-16-18(22-19(25)21-14-8-5-7-13(20)11-14)17(24-23-16)12-6-4-9-15(10-12)26-2/h4-11H,3H2,1-2H3,(H,23,24)(H2,21,22,25). The van der Waals surface area contributed by atoms with Crippen LogP contribution in [0.2, 0.25) is 5.02 Å². The number of methoxy groups -OCH3 is 1. The van der Waals surface area contributed by atoms with E-state index in [1.54, 1.807) is 31.4 Å². The monoisotopic (exact) mass is 370 g/mol. The lowest BCUT2D eigenvalue weighted by molar-refractivity contribution is 0.262. The van der Waals surface area contributed by atoms with Gasteiger partial charge >= 0.3 is 6.03 Å². The van der Waals surface area contributed by atoms with Crippen LogP contribution in [0.5, 0.6) is 5.75 Å². The summed E-state index contributed by atoms with van der Waals surface area (Å²) < 4.78 is 5.27. The molecule has 3 aromatic rings. The Hall–Kier alpha value is -2.99. The lowest BCUT2D eigenvalue weighted by atomic mass is 10.1. The number of nitrogens with one attached hydrogen (secondary N) is 3. The molecule has 0 bridgehead atoms. The first-order valence-corrected chi connectivity index (χ1v) is 8.53. The summed E-state index contributed by atoms with van der Waals surface area (Å²) in [6.45, 7) is 1.99. The Labute approximate surface area is 156 Å². The summed E-state index contributed by atoms with van der Waals surface area (Å²) in [6, 6.07) is 14.1. The zero-order chi connectivity index (χ0) is 18.5. The minimum atomic E-state index is -0.368. The second-order valence-electron chi connectivity index (χ2n) is 5.60. The third kappa shape index (κ3) is 3.97. The van der Waals surface area contributed by atoms with Crippen LogP contribution in [0, 0.1) is 0 Å². The quantitative estimate of drug-likeness (QED) is 0.594. The summed E-state index contributed by atoms with van der Waals surface area (Å²) in [5, 5.41) is 13.6. The lowest BCUT2D eigenvalue weighted by Crippen LogP contribution is -2.20. The van der Waals surface area contributed by atoms with Gasteiger partial charge in [0.05, 0.1) is 18.5 Å². The number of halogens is 1. The minimum absolute atomic E-state index is 0.368. The molecule has 0 saturated carbocycles. The van der Waals surface area contributed by atoms with E-state index < -0.39 is 0 Å². The van der Waals surface area contributed by atoms with Crippen LogP contribution in [0.4, 0.5) is 16.2 Å². The highest BCUT2D eigenvalue weighted by Gasteiger charge is 2.17. The molecular formula is C19H19ClN4O2. The predicted octanol–water partition coefficient (Wildman–Crippen LogP) is 4.95. The number of aromatic nitrogens is 2. The first-order chi connectivity index (χ1) is 12.6. The fourth-order valence-corrected chi connectivity index (χ4v) is 2.78. The van der Waals surface area contributed by atoms with Crippen LogP contribution in [0.25, 0.3) is 11.3 Å². The summed E-state index contributed by atoms with van der Waals surface area (Å²) in [7, 11) is 1.61. The Balaban J connectivity index is 1.86. The van der Waals surface area contributed by atoms with Crippen molar-refractivity contribution in [2.24, 2.45) is 0 Å². The molecule has 2 amide bonds. The van der Waals surface area contributed by atoms with Gasteiger partial charge in [-0.1, -0.05) is 36.7 Å². The molecule has 0 unspecified atom stereocenters. The van der Waals surface area contributed by atoms with Crippen molar-refractivity contribution in [2.75, 3.05) is 17.7 Å². The molecule has 0 aliphatic carbocycles. The maximum Gasteiger partial charge on any atom is 0.323 e. The van der Waals surface area contributed by atoms with Gasteiger partial charge in [-0.25, -0.2) is 4.79 Å². The number of aryl methyl sites for hydroxylation is 1. The van der Waals surface area contributed by atoms with Crippen molar-refractivity contribution in [3.05, 3.63) is 59.2 Å². The van der Waals surface area contributed by atoms with Crippen LogP contribution in [0.15, 0.2) is 48.5 Å². The molecule has 0 spiro atoms. The minimum Gasteiger partial charge on any atom is -0.497 e. The Morgan fingerprint density at radius 1 is 1.19 bits per heavy atom. The zero-order valence-electron chi connectivity index (χ0n) is 14.5. The second kappa shape index (κ2) is 7.93. The molecule has 0 fully saturated rings. The van der Waals surface area contributed by atoms with Crippen LogP contribution >= 0.6 is 11.6 Å². The molecule has 0 atom stereocenters. The number of aromatic amines is 1. The van der Waals surface area contributed by atoms with Gasteiger partial charge in [0, 0.05) is 16.3 Å². The average Bonchev–Trinajstić information content (AvgIpc) is 3.04. The van der Waals surface area contributed by atoms with E-state index in [9.17, 15) is 4.79 Å². The third-order valence-corrected chi connectivity index (χ3v) is 4.09. The fourth-order valence-electron chi connectivity index (χ4n) is 2.59. The number of H-pyrrole nitrogens is 1. The molecular weight excluding hydrogens is 352 g/mol. The van der Waals surface area contributed by atoms with E-state index in [4.69, 9.17) is 16.3 Å². The zero-order valence-corrected chi connectivity index (χ0v) is 15.2. The molecule has 1 aromatic heterocycles. The highest BCUT2D eigenvalue weighted by molar-refractivity contribution is 6.30. The van der Waals surface area contributed by atoms with Gasteiger partial charge in [-0.2, -0.15) is 5.10 Å². The highest BCUT2D eigenvalue weighted by Crippen LogP contribution is 2.31. The highest BCUT2D eigenvalue weighted by atomic mass is 35.5. The maximum atomic E-state index is 12.4. The molecule has 0 aliphatic heterocycles. The molecule has 7 heteroatoms. The van der Waals surface area contributed by atoms with Gasteiger partial charge in [-0.05, 0) is 36.8 Å². The van der Waals surface area contributed by atoms with Gasteiger partial charge in [0.25, 0.3) is 0 Å². The van der Waals surface area contributed by atoms with Crippen LogP contribution in [-0.4, -0.2) is 23.3 Å². The van der Waals surface area contributed by atoms with Crippen molar-refractivity contribution in [2.45, 2.75) is 13.3 Å². The molecule has 0 saturated heterocycles. The second-order valence-corrected chi connectivity index (χ2v) is 6.04. The Bertz CT molecular complexity index is 923. The summed E-state index contributed by atoms with van der Waals surface area (Å²) in [6.07, 6.45) is 0.698. The van der Waals surface area contributed by atoms with Crippen LogP contribution < -0.4 is 15.4 Å². The molecule has 1 heterocycles. The predicted molar refractivity (Wildman–Crippen MR) is 104 cm³/mol. The first kappa shape index (κ1) is 17.8. The first-order valence-electron chi connectivity index (χ1n) is 8.16. The number of hydrogen-bond acceptors (Lipinski definition) is 3. The van der Waals surface area contributed by atoms with Crippen LogP contribution in [0.3, 0.4) is 0 Å². The molecule has 26 heavy (non-hydrogen) atoms. The van der Waals surface area contributed by atoms with Crippen LogP contribution in [-0.2, 0) is 6.42 Å². The van der Waals surface area contributed by atoms with E-state index in [-0.39, 0.29) is 6.03 Å². The Morgan fingerprint density at radius 3 is 2.73 bits per heavy atom. The molecule has 2 aromatic carbocycles. The fraction of sp³-hybridized carbons (Fsp3) is 0.158. The molecule has 134 valence electrons. The van der Waals surface area contributed by atoms with Gasteiger partial charge in [-0.15, -0.1) is 0 Å². The normalized spacial score (nSPS) is 10.4. The van der Waals surface area contributed by atoms with Crippen molar-refractivity contribution in [3.8, 4) is 17.0 Å². The van der Waals surface area contributed by atoms with Crippen LogP contribution in [0.1, 0.15) is 12.6 Å². The van der Waals surface area contributed by atoms with Gasteiger partial charge in [0.1, 0.15) is 11.4 Å². The largest absolute Gasteiger partial charge is 0.497 e. The van der Waals surface area contributed by atoms with E-state index in [0.717, 1.165) is 17.0 Å². The molecule has 6 nitrogen and oxygen atoms in total. The van der Waals surface area contributed by atoms with Gasteiger partial charge < -0.3 is 15.4 Å². The van der Waals surface area contributed by atoms with E-state index in [1.165, 1.54) is 0 Å². The van der Waals surface area contributed by atoms with Crippen molar-refractivity contribution < 1.29 is 9.53 Å². The van der Waals surface area contributed by atoms with Crippen molar-refractivity contribution >= 4 is 29.0 Å². The Kier molecular flexibility index (Phi) is 5.43. The number of hydrogen-bond donors (Lipinski definition) is 3. The summed E-state index contributed by atoms with van der Waals surface area (Å²) in [4.78, 5) is 12.4. The SMILES string of the molecule is CCc1[nH]nc(-c2cccc(OC)c2)c1NC(=O)Nc1cccc(Cl)c1. The molecule has 3 rings (SSSR count). The number of amides is 2.